The third-order valence-electron chi connectivity index (χ3n) is 4.63. The molecule has 3 rings (SSSR count). The Kier molecular flexibility index (Phi) is 5.57. The zero-order valence-corrected chi connectivity index (χ0v) is 15.2. The van der Waals surface area contributed by atoms with Gasteiger partial charge in [-0.2, -0.15) is 4.68 Å². The van der Waals surface area contributed by atoms with Crippen molar-refractivity contribution < 1.29 is 9.90 Å². The van der Waals surface area contributed by atoms with E-state index in [0.29, 0.717) is 11.1 Å². The number of hydrogen-bond acceptors (Lipinski definition) is 6. The van der Waals surface area contributed by atoms with E-state index in [0.717, 1.165) is 12.1 Å². The fourth-order valence-electron chi connectivity index (χ4n) is 3.05. The quantitative estimate of drug-likeness (QED) is 0.795. The van der Waals surface area contributed by atoms with Gasteiger partial charge in [0.2, 0.25) is 11.1 Å². The van der Waals surface area contributed by atoms with E-state index >= 15 is 0 Å². The van der Waals surface area contributed by atoms with Gasteiger partial charge in [-0.15, -0.1) is 5.10 Å². The zero-order valence-electron chi connectivity index (χ0n) is 14.4. The Morgan fingerprint density at radius 2 is 2.04 bits per heavy atom. The molecule has 2 aromatic rings. The summed E-state index contributed by atoms with van der Waals surface area (Å²) in [6.45, 7) is 4.07. The van der Waals surface area contributed by atoms with Crippen LogP contribution in [-0.2, 0) is 4.79 Å². The lowest BCUT2D eigenvalue weighted by atomic mass is 9.86. The minimum absolute atomic E-state index is 0.0176. The largest absolute Gasteiger partial charge is 0.508 e. The lowest BCUT2D eigenvalue weighted by Crippen LogP contribution is -2.44. The number of aromatic hydroxyl groups is 1. The van der Waals surface area contributed by atoms with Gasteiger partial charge in [0, 0.05) is 6.04 Å². The van der Waals surface area contributed by atoms with Crippen molar-refractivity contribution in [2.24, 2.45) is 5.92 Å². The van der Waals surface area contributed by atoms with Crippen molar-refractivity contribution in [1.82, 2.24) is 25.5 Å². The molecule has 1 amide bonds. The van der Waals surface area contributed by atoms with E-state index in [1.807, 2.05) is 6.92 Å². The van der Waals surface area contributed by atoms with Crippen molar-refractivity contribution in [2.45, 2.75) is 56.0 Å². The highest BCUT2D eigenvalue weighted by Gasteiger charge is 2.26. The molecule has 25 heavy (non-hydrogen) atoms. The topological polar surface area (TPSA) is 92.9 Å². The third kappa shape index (κ3) is 4.31. The normalized spacial score (nSPS) is 21.7. The van der Waals surface area contributed by atoms with E-state index in [1.54, 1.807) is 28.9 Å². The fourth-order valence-corrected chi connectivity index (χ4v) is 3.87. The molecule has 0 aliphatic heterocycles. The summed E-state index contributed by atoms with van der Waals surface area (Å²) < 4.78 is 1.57. The molecule has 1 aliphatic rings. The first kappa shape index (κ1) is 17.7. The summed E-state index contributed by atoms with van der Waals surface area (Å²) >= 11 is 1.33. The van der Waals surface area contributed by atoms with Gasteiger partial charge in [0.25, 0.3) is 0 Å². The second-order valence-electron chi connectivity index (χ2n) is 6.53. The molecule has 1 aromatic heterocycles. The number of amides is 1. The molecule has 0 radical (unpaired) electrons. The molecule has 1 saturated carbocycles. The Labute approximate surface area is 151 Å². The van der Waals surface area contributed by atoms with Gasteiger partial charge in [0.15, 0.2) is 0 Å². The number of tetrazole rings is 1. The number of thioether (sulfide) groups is 1. The molecule has 0 saturated heterocycles. The molecular formula is C17H23N5O2S. The Hall–Kier alpha value is -2.09. The average Bonchev–Trinajstić information content (AvgIpc) is 3.05. The van der Waals surface area contributed by atoms with Gasteiger partial charge >= 0.3 is 0 Å². The van der Waals surface area contributed by atoms with E-state index < -0.39 is 0 Å². The summed E-state index contributed by atoms with van der Waals surface area (Å²) in [6, 6.07) is 6.87. The molecule has 3 atom stereocenters. The number of phenols is 1. The summed E-state index contributed by atoms with van der Waals surface area (Å²) in [4.78, 5) is 12.5. The summed E-state index contributed by atoms with van der Waals surface area (Å²) in [6.07, 6.45) is 4.65. The zero-order chi connectivity index (χ0) is 17.8. The predicted octanol–water partition coefficient (Wildman–Crippen LogP) is 2.54. The van der Waals surface area contributed by atoms with Crippen molar-refractivity contribution >= 4 is 17.7 Å². The van der Waals surface area contributed by atoms with Crippen LogP contribution in [0.2, 0.25) is 0 Å². The van der Waals surface area contributed by atoms with Gasteiger partial charge in [0.1, 0.15) is 5.75 Å². The SMILES string of the molecule is C[C@@H](Sc1nnnn1-c1ccc(O)cc1)C(=O)N[C@H]1CCCC[C@@H]1C. The van der Waals surface area contributed by atoms with Crippen molar-refractivity contribution in [2.75, 3.05) is 0 Å². The molecule has 0 bridgehead atoms. The molecule has 1 heterocycles. The Balaban J connectivity index is 1.65. The molecule has 1 fully saturated rings. The first-order chi connectivity index (χ1) is 12.0. The summed E-state index contributed by atoms with van der Waals surface area (Å²) in [5.41, 5.74) is 0.735. The van der Waals surface area contributed by atoms with E-state index in [9.17, 15) is 9.90 Å². The standard InChI is InChI=1S/C17H23N5O2S/c1-11-5-3-4-6-15(11)18-16(24)12(2)25-17-19-20-21-22(17)13-7-9-14(23)10-8-13/h7-12,15,23H,3-6H2,1-2H3,(H,18,24)/t11-,12+,15-/m0/s1. The van der Waals surface area contributed by atoms with Crippen LogP contribution in [0.25, 0.3) is 5.69 Å². The summed E-state index contributed by atoms with van der Waals surface area (Å²) in [5.74, 6) is 0.724. The Morgan fingerprint density at radius 1 is 1.32 bits per heavy atom. The highest BCUT2D eigenvalue weighted by Crippen LogP contribution is 2.26. The van der Waals surface area contributed by atoms with Crippen LogP contribution in [0.5, 0.6) is 5.75 Å². The van der Waals surface area contributed by atoms with E-state index in [2.05, 4.69) is 27.8 Å². The first-order valence-electron chi connectivity index (χ1n) is 8.59. The highest BCUT2D eigenvalue weighted by atomic mass is 32.2. The second-order valence-corrected chi connectivity index (χ2v) is 7.83. The maximum atomic E-state index is 12.5. The van der Waals surface area contributed by atoms with Crippen molar-refractivity contribution in [3.05, 3.63) is 24.3 Å². The first-order valence-corrected chi connectivity index (χ1v) is 9.47. The minimum atomic E-state index is -0.295. The monoisotopic (exact) mass is 361 g/mol. The number of nitrogens with one attached hydrogen (secondary N) is 1. The smallest absolute Gasteiger partial charge is 0.233 e. The predicted molar refractivity (Wildman–Crippen MR) is 95.7 cm³/mol. The van der Waals surface area contributed by atoms with Crippen LogP contribution >= 0.6 is 11.8 Å². The number of phenolic OH excluding ortho intramolecular Hbond substituents is 1. The Morgan fingerprint density at radius 3 is 2.76 bits per heavy atom. The van der Waals surface area contributed by atoms with Gasteiger partial charge in [0.05, 0.1) is 10.9 Å². The molecule has 0 spiro atoms. The lowest BCUT2D eigenvalue weighted by Gasteiger charge is -2.30. The van der Waals surface area contributed by atoms with E-state index in [4.69, 9.17) is 0 Å². The number of carbonyl (C=O) groups is 1. The number of rotatable bonds is 5. The van der Waals surface area contributed by atoms with Crippen LogP contribution in [-0.4, -0.2) is 42.5 Å². The molecule has 8 heteroatoms. The highest BCUT2D eigenvalue weighted by molar-refractivity contribution is 8.00. The lowest BCUT2D eigenvalue weighted by molar-refractivity contribution is -0.121. The van der Waals surface area contributed by atoms with Crippen molar-refractivity contribution in [1.29, 1.82) is 0 Å². The van der Waals surface area contributed by atoms with Crippen molar-refractivity contribution in [3.63, 3.8) is 0 Å². The molecular weight excluding hydrogens is 338 g/mol. The van der Waals surface area contributed by atoms with Gasteiger partial charge in [-0.1, -0.05) is 31.5 Å². The number of carbonyl (C=O) groups excluding carboxylic acids is 1. The Bertz CT molecular complexity index is 718. The van der Waals surface area contributed by atoms with Crippen LogP contribution in [0.3, 0.4) is 0 Å². The van der Waals surface area contributed by atoms with Gasteiger partial charge in [-0.25, -0.2) is 0 Å². The maximum Gasteiger partial charge on any atom is 0.233 e. The second kappa shape index (κ2) is 7.86. The number of nitrogens with zero attached hydrogens (tertiary/aromatic N) is 4. The van der Waals surface area contributed by atoms with Crippen LogP contribution in [0, 0.1) is 5.92 Å². The molecule has 7 nitrogen and oxygen atoms in total. The van der Waals surface area contributed by atoms with Crippen LogP contribution in [0.15, 0.2) is 29.4 Å². The van der Waals surface area contributed by atoms with Crippen LogP contribution < -0.4 is 5.32 Å². The molecule has 1 aromatic carbocycles. The van der Waals surface area contributed by atoms with Gasteiger partial charge < -0.3 is 10.4 Å². The van der Waals surface area contributed by atoms with E-state index in [-0.39, 0.29) is 22.9 Å². The third-order valence-corrected chi connectivity index (χ3v) is 5.66. The molecule has 134 valence electrons. The van der Waals surface area contributed by atoms with Crippen LogP contribution in [0.1, 0.15) is 39.5 Å². The fraction of sp³-hybridized carbons (Fsp3) is 0.529. The van der Waals surface area contributed by atoms with Crippen LogP contribution in [0.4, 0.5) is 0 Å². The van der Waals surface area contributed by atoms with E-state index in [1.165, 1.54) is 31.0 Å². The van der Waals surface area contributed by atoms with Crippen molar-refractivity contribution in [3.8, 4) is 11.4 Å². The maximum absolute atomic E-state index is 12.5. The molecule has 2 N–H and O–H groups in total. The number of benzene rings is 1. The molecule has 1 aliphatic carbocycles. The van der Waals surface area contributed by atoms with Gasteiger partial charge in [-0.05, 0) is 60.4 Å². The molecule has 0 unspecified atom stereocenters. The minimum Gasteiger partial charge on any atom is -0.508 e. The van der Waals surface area contributed by atoms with Gasteiger partial charge in [-0.3, -0.25) is 4.79 Å². The number of aromatic nitrogens is 4. The average molecular weight is 361 g/mol. The number of hydrogen-bond donors (Lipinski definition) is 2. The summed E-state index contributed by atoms with van der Waals surface area (Å²) in [7, 11) is 0. The summed E-state index contributed by atoms with van der Waals surface area (Å²) in [5, 5.41) is 24.5.